The molecule has 4 rings (SSSR count). The summed E-state index contributed by atoms with van der Waals surface area (Å²) in [5.41, 5.74) is 1.74. The monoisotopic (exact) mass is 543 g/mol. The molecule has 3 aromatic carbocycles. The van der Waals surface area contributed by atoms with E-state index in [1.807, 2.05) is 54.6 Å². The molecule has 3 aromatic rings. The van der Waals surface area contributed by atoms with E-state index >= 15 is 0 Å². The van der Waals surface area contributed by atoms with Crippen LogP contribution in [0.15, 0.2) is 77.7 Å². The van der Waals surface area contributed by atoms with Gasteiger partial charge in [0.1, 0.15) is 16.4 Å². The summed E-state index contributed by atoms with van der Waals surface area (Å²) in [4.78, 5) is 17.2. The quantitative estimate of drug-likeness (QED) is 0.407. The predicted molar refractivity (Wildman–Crippen MR) is 144 cm³/mol. The maximum Gasteiger partial charge on any atom is 0.247 e. The van der Waals surface area contributed by atoms with E-state index in [9.17, 15) is 13.2 Å². The van der Waals surface area contributed by atoms with Gasteiger partial charge in [-0.05, 0) is 35.9 Å². The van der Waals surface area contributed by atoms with Gasteiger partial charge in [-0.1, -0.05) is 54.1 Å². The molecule has 0 aromatic heterocycles. The van der Waals surface area contributed by atoms with E-state index < -0.39 is 10.0 Å². The molecule has 0 unspecified atom stereocenters. The van der Waals surface area contributed by atoms with Crippen LogP contribution in [0.1, 0.15) is 5.56 Å². The Kier molecular flexibility index (Phi) is 8.58. The molecule has 37 heavy (non-hydrogen) atoms. The fourth-order valence-electron chi connectivity index (χ4n) is 4.34. The van der Waals surface area contributed by atoms with Crippen molar-refractivity contribution in [1.82, 2.24) is 9.21 Å². The Balaban J connectivity index is 1.54. The van der Waals surface area contributed by atoms with Gasteiger partial charge in [0.25, 0.3) is 0 Å². The number of nitrogens with zero attached hydrogens (tertiary/aromatic N) is 3. The van der Waals surface area contributed by atoms with Crippen LogP contribution in [-0.4, -0.2) is 70.5 Å². The summed E-state index contributed by atoms with van der Waals surface area (Å²) in [7, 11) is -1.08. The Morgan fingerprint density at radius 2 is 1.54 bits per heavy atom. The number of carbonyl (C=O) groups excluding carboxylic acids is 1. The zero-order valence-electron chi connectivity index (χ0n) is 20.8. The minimum atomic E-state index is -4.11. The summed E-state index contributed by atoms with van der Waals surface area (Å²) in [6.07, 6.45) is 0. The minimum absolute atomic E-state index is 0.0335. The summed E-state index contributed by atoms with van der Waals surface area (Å²) >= 11 is 6.13. The normalized spacial score (nSPS) is 14.1. The lowest BCUT2D eigenvalue weighted by Crippen LogP contribution is -2.51. The van der Waals surface area contributed by atoms with Crippen molar-refractivity contribution in [2.24, 2.45) is 0 Å². The van der Waals surface area contributed by atoms with Crippen molar-refractivity contribution in [1.29, 1.82) is 0 Å². The first-order valence-corrected chi connectivity index (χ1v) is 13.7. The van der Waals surface area contributed by atoms with Crippen LogP contribution in [0.25, 0.3) is 0 Å². The van der Waals surface area contributed by atoms with Crippen LogP contribution >= 0.6 is 11.6 Å². The summed E-state index contributed by atoms with van der Waals surface area (Å²) in [5.74, 6) is 0.679. The molecular weight excluding hydrogens is 514 g/mol. The second-order valence-electron chi connectivity index (χ2n) is 8.59. The van der Waals surface area contributed by atoms with Gasteiger partial charge in [0, 0.05) is 37.7 Å². The van der Waals surface area contributed by atoms with E-state index in [-0.39, 0.29) is 34.7 Å². The number of sulfonamides is 1. The third-order valence-electron chi connectivity index (χ3n) is 6.32. The average molecular weight is 544 g/mol. The number of rotatable bonds is 9. The second kappa shape index (κ2) is 11.9. The molecule has 0 bridgehead atoms. The molecular formula is C27H30ClN3O5S. The SMILES string of the molecule is COc1ccccc1N1CCN(C(=O)CN(Cc2ccccc2)S(=O)(=O)c2cc(Cl)ccc2OC)CC1. The summed E-state index contributed by atoms with van der Waals surface area (Å²) in [6.45, 7) is 1.89. The van der Waals surface area contributed by atoms with Gasteiger partial charge in [-0.3, -0.25) is 4.79 Å². The molecule has 0 spiro atoms. The van der Waals surface area contributed by atoms with Gasteiger partial charge in [0.05, 0.1) is 26.5 Å². The highest BCUT2D eigenvalue weighted by atomic mass is 35.5. The number of para-hydroxylation sites is 2. The molecule has 1 aliphatic heterocycles. The molecule has 0 atom stereocenters. The molecule has 196 valence electrons. The largest absolute Gasteiger partial charge is 0.495 e. The van der Waals surface area contributed by atoms with Crippen molar-refractivity contribution < 1.29 is 22.7 Å². The number of methoxy groups -OCH3 is 2. The maximum atomic E-state index is 13.8. The Morgan fingerprint density at radius 3 is 2.22 bits per heavy atom. The first-order chi connectivity index (χ1) is 17.8. The van der Waals surface area contributed by atoms with Crippen molar-refractivity contribution in [3.8, 4) is 11.5 Å². The van der Waals surface area contributed by atoms with Crippen LogP contribution in [0.4, 0.5) is 5.69 Å². The number of ether oxygens (including phenoxy) is 2. The van der Waals surface area contributed by atoms with Crippen molar-refractivity contribution >= 4 is 33.2 Å². The van der Waals surface area contributed by atoms with Crippen LogP contribution in [0.2, 0.25) is 5.02 Å². The van der Waals surface area contributed by atoms with E-state index in [0.717, 1.165) is 17.0 Å². The molecule has 0 radical (unpaired) electrons. The van der Waals surface area contributed by atoms with E-state index in [2.05, 4.69) is 4.90 Å². The molecule has 1 heterocycles. The zero-order chi connectivity index (χ0) is 26.4. The Labute approximate surface area is 223 Å². The van der Waals surface area contributed by atoms with Crippen LogP contribution < -0.4 is 14.4 Å². The van der Waals surface area contributed by atoms with Crippen molar-refractivity contribution in [3.63, 3.8) is 0 Å². The van der Waals surface area contributed by atoms with E-state index in [1.165, 1.54) is 23.5 Å². The number of amides is 1. The number of hydrogen-bond acceptors (Lipinski definition) is 6. The van der Waals surface area contributed by atoms with Crippen molar-refractivity contribution in [2.75, 3.05) is 51.8 Å². The van der Waals surface area contributed by atoms with Crippen LogP contribution in [0, 0.1) is 0 Å². The molecule has 10 heteroatoms. The third-order valence-corrected chi connectivity index (χ3v) is 8.36. The first-order valence-electron chi connectivity index (χ1n) is 11.9. The molecule has 1 fully saturated rings. The Morgan fingerprint density at radius 1 is 0.892 bits per heavy atom. The van der Waals surface area contributed by atoms with Crippen molar-refractivity contribution in [3.05, 3.63) is 83.4 Å². The Bertz CT molecular complexity index is 1330. The van der Waals surface area contributed by atoms with E-state index in [0.29, 0.717) is 26.2 Å². The minimum Gasteiger partial charge on any atom is -0.495 e. The number of benzene rings is 3. The standard InChI is InChI=1S/C27H30ClN3O5S/c1-35-24-11-7-6-10-23(24)29-14-16-30(17-15-29)27(32)20-31(19-21-8-4-3-5-9-21)37(33,34)26-18-22(28)12-13-25(26)36-2/h3-13,18H,14-17,19-20H2,1-2H3. The summed E-state index contributed by atoms with van der Waals surface area (Å²) in [5, 5.41) is 0.262. The summed E-state index contributed by atoms with van der Waals surface area (Å²) in [6, 6.07) is 21.4. The van der Waals surface area contributed by atoms with Crippen LogP contribution in [0.5, 0.6) is 11.5 Å². The molecule has 8 nitrogen and oxygen atoms in total. The van der Waals surface area contributed by atoms with Crippen LogP contribution in [-0.2, 0) is 21.4 Å². The van der Waals surface area contributed by atoms with Gasteiger partial charge in [-0.2, -0.15) is 4.31 Å². The fraction of sp³-hybridized carbons (Fsp3) is 0.296. The average Bonchev–Trinajstić information content (AvgIpc) is 2.93. The van der Waals surface area contributed by atoms with Gasteiger partial charge in [0.15, 0.2) is 0 Å². The van der Waals surface area contributed by atoms with Gasteiger partial charge in [0.2, 0.25) is 15.9 Å². The van der Waals surface area contributed by atoms with Crippen molar-refractivity contribution in [2.45, 2.75) is 11.4 Å². The van der Waals surface area contributed by atoms with Gasteiger partial charge in [-0.15, -0.1) is 0 Å². The topological polar surface area (TPSA) is 79.4 Å². The van der Waals surface area contributed by atoms with Crippen LogP contribution in [0.3, 0.4) is 0 Å². The highest BCUT2D eigenvalue weighted by Gasteiger charge is 2.32. The molecule has 1 aliphatic rings. The van der Waals surface area contributed by atoms with Gasteiger partial charge < -0.3 is 19.3 Å². The lowest BCUT2D eigenvalue weighted by molar-refractivity contribution is -0.131. The zero-order valence-corrected chi connectivity index (χ0v) is 22.4. The first kappa shape index (κ1) is 26.8. The van der Waals surface area contributed by atoms with E-state index in [1.54, 1.807) is 18.1 Å². The number of hydrogen-bond donors (Lipinski definition) is 0. The highest BCUT2D eigenvalue weighted by molar-refractivity contribution is 7.89. The fourth-order valence-corrected chi connectivity index (χ4v) is 6.14. The number of carbonyl (C=O) groups is 1. The van der Waals surface area contributed by atoms with Gasteiger partial charge >= 0.3 is 0 Å². The molecule has 0 aliphatic carbocycles. The maximum absolute atomic E-state index is 13.8. The van der Waals surface area contributed by atoms with Gasteiger partial charge in [-0.25, -0.2) is 8.42 Å². The number of anilines is 1. The molecule has 0 saturated carbocycles. The Hall–Kier alpha value is -3.27. The highest BCUT2D eigenvalue weighted by Crippen LogP contribution is 2.31. The second-order valence-corrected chi connectivity index (χ2v) is 10.9. The predicted octanol–water partition coefficient (Wildman–Crippen LogP) is 3.90. The van der Waals surface area contributed by atoms with E-state index in [4.69, 9.17) is 21.1 Å². The number of piperazine rings is 1. The third kappa shape index (κ3) is 6.18. The summed E-state index contributed by atoms with van der Waals surface area (Å²) < 4.78 is 39.5. The molecule has 1 saturated heterocycles. The lowest BCUT2D eigenvalue weighted by Gasteiger charge is -2.37. The lowest BCUT2D eigenvalue weighted by atomic mass is 10.2. The molecule has 0 N–H and O–H groups in total. The molecule has 1 amide bonds. The smallest absolute Gasteiger partial charge is 0.247 e. The number of halogens is 1.